The Bertz CT molecular complexity index is 1710. The quantitative estimate of drug-likeness (QED) is 0.175. The molecule has 0 aliphatic carbocycles. The van der Waals surface area contributed by atoms with Gasteiger partial charge in [-0.25, -0.2) is 8.42 Å². The van der Waals surface area contributed by atoms with Crippen molar-refractivity contribution in [3.8, 4) is 0 Å². The minimum absolute atomic E-state index is 0.0101. The number of carbonyl (C=O) groups excluding carboxylic acids is 2. The number of aryl methyl sites for hydroxylation is 2. The lowest BCUT2D eigenvalue weighted by atomic mass is 10.0. The van der Waals surface area contributed by atoms with Gasteiger partial charge in [0, 0.05) is 24.0 Å². The zero-order chi connectivity index (χ0) is 32.6. The van der Waals surface area contributed by atoms with Crippen molar-refractivity contribution in [1.29, 1.82) is 0 Å². The van der Waals surface area contributed by atoms with E-state index in [4.69, 9.17) is 11.6 Å². The Kier molecular flexibility index (Phi) is 11.4. The van der Waals surface area contributed by atoms with Crippen LogP contribution in [-0.4, -0.2) is 43.8 Å². The number of nitrogens with one attached hydrogen (secondary N) is 1. The number of amides is 2. The first-order chi connectivity index (χ1) is 21.5. The Hall–Kier alpha value is -4.14. The maximum absolute atomic E-state index is 14.5. The zero-order valence-corrected chi connectivity index (χ0v) is 27.7. The van der Waals surface area contributed by atoms with Gasteiger partial charge in [0.2, 0.25) is 11.8 Å². The van der Waals surface area contributed by atoms with Crippen LogP contribution in [0.25, 0.3) is 0 Å². The zero-order valence-electron chi connectivity index (χ0n) is 26.1. The minimum Gasteiger partial charge on any atom is -0.352 e. The number of benzene rings is 4. The molecule has 4 rings (SSSR count). The van der Waals surface area contributed by atoms with Crippen LogP contribution in [0.3, 0.4) is 0 Å². The van der Waals surface area contributed by atoms with Crippen molar-refractivity contribution in [3.63, 3.8) is 0 Å². The molecule has 1 N–H and O–H groups in total. The van der Waals surface area contributed by atoms with Crippen molar-refractivity contribution in [2.24, 2.45) is 0 Å². The Labute approximate surface area is 271 Å². The molecule has 0 saturated heterocycles. The minimum atomic E-state index is -4.17. The molecule has 2 amide bonds. The smallest absolute Gasteiger partial charge is 0.264 e. The fraction of sp³-hybridized carbons (Fsp3) is 0.278. The Morgan fingerprint density at radius 2 is 1.51 bits per heavy atom. The van der Waals surface area contributed by atoms with E-state index in [1.165, 1.54) is 17.0 Å². The molecule has 0 heterocycles. The summed E-state index contributed by atoms with van der Waals surface area (Å²) in [4.78, 5) is 30.0. The first kappa shape index (κ1) is 33.7. The van der Waals surface area contributed by atoms with Crippen LogP contribution in [-0.2, 0) is 32.6 Å². The van der Waals surface area contributed by atoms with E-state index in [0.717, 1.165) is 21.0 Å². The fourth-order valence-electron chi connectivity index (χ4n) is 4.95. The second-order valence-electron chi connectivity index (χ2n) is 11.3. The normalized spacial score (nSPS) is 12.6. The molecule has 7 nitrogen and oxygen atoms in total. The monoisotopic (exact) mass is 645 g/mol. The maximum atomic E-state index is 14.5. The third-order valence-corrected chi connectivity index (χ3v) is 9.90. The Morgan fingerprint density at radius 1 is 0.844 bits per heavy atom. The van der Waals surface area contributed by atoms with Gasteiger partial charge in [0.1, 0.15) is 12.6 Å². The van der Waals surface area contributed by atoms with Crippen LogP contribution in [0.1, 0.15) is 42.5 Å². The molecule has 236 valence electrons. The highest BCUT2D eigenvalue weighted by molar-refractivity contribution is 7.92. The predicted molar refractivity (Wildman–Crippen MR) is 181 cm³/mol. The summed E-state index contributed by atoms with van der Waals surface area (Å²) >= 11 is 6.56. The maximum Gasteiger partial charge on any atom is 0.264 e. The number of hydrogen-bond donors (Lipinski definition) is 1. The van der Waals surface area contributed by atoms with E-state index in [1.54, 1.807) is 48.5 Å². The molecule has 45 heavy (non-hydrogen) atoms. The van der Waals surface area contributed by atoms with Gasteiger partial charge in [-0.3, -0.25) is 13.9 Å². The summed E-state index contributed by atoms with van der Waals surface area (Å²) in [6.07, 6.45) is 0.937. The predicted octanol–water partition coefficient (Wildman–Crippen LogP) is 6.71. The van der Waals surface area contributed by atoms with Gasteiger partial charge in [-0.05, 0) is 74.2 Å². The number of sulfonamides is 1. The lowest BCUT2D eigenvalue weighted by molar-refractivity contribution is -0.140. The van der Waals surface area contributed by atoms with Gasteiger partial charge in [-0.2, -0.15) is 0 Å². The van der Waals surface area contributed by atoms with Crippen LogP contribution in [0.4, 0.5) is 5.69 Å². The molecular formula is C36H40ClN3O4S. The second-order valence-corrected chi connectivity index (χ2v) is 13.6. The lowest BCUT2D eigenvalue weighted by Gasteiger charge is -2.34. The molecule has 0 aliphatic heterocycles. The van der Waals surface area contributed by atoms with E-state index >= 15 is 0 Å². The molecule has 0 spiro atoms. The molecule has 0 aromatic heterocycles. The summed E-state index contributed by atoms with van der Waals surface area (Å²) in [7, 11) is -4.17. The number of rotatable bonds is 13. The van der Waals surface area contributed by atoms with Crippen molar-refractivity contribution < 1.29 is 18.0 Å². The molecule has 0 unspecified atom stereocenters. The van der Waals surface area contributed by atoms with Gasteiger partial charge in [0.15, 0.2) is 0 Å². The van der Waals surface area contributed by atoms with E-state index < -0.39 is 28.5 Å². The third-order valence-electron chi connectivity index (χ3n) is 7.75. The van der Waals surface area contributed by atoms with Crippen LogP contribution in [0.5, 0.6) is 0 Å². The van der Waals surface area contributed by atoms with E-state index in [1.807, 2.05) is 70.2 Å². The van der Waals surface area contributed by atoms with Gasteiger partial charge in [-0.15, -0.1) is 0 Å². The molecule has 9 heteroatoms. The Morgan fingerprint density at radius 3 is 2.16 bits per heavy atom. The summed E-state index contributed by atoms with van der Waals surface area (Å²) in [5, 5.41) is 3.49. The van der Waals surface area contributed by atoms with Gasteiger partial charge in [0.05, 0.1) is 10.6 Å². The topological polar surface area (TPSA) is 86.8 Å². The number of carbonyl (C=O) groups is 2. The number of anilines is 1. The second kappa shape index (κ2) is 15.2. The summed E-state index contributed by atoms with van der Waals surface area (Å²) in [5.41, 5.74) is 3.61. The van der Waals surface area contributed by atoms with Crippen molar-refractivity contribution in [2.45, 2.75) is 64.1 Å². The average molecular weight is 646 g/mol. The molecule has 0 saturated carbocycles. The highest BCUT2D eigenvalue weighted by Crippen LogP contribution is 2.27. The molecular weight excluding hydrogens is 606 g/mol. The van der Waals surface area contributed by atoms with E-state index in [9.17, 15) is 18.0 Å². The molecule has 2 atom stereocenters. The third kappa shape index (κ3) is 8.74. The first-order valence-electron chi connectivity index (χ1n) is 15.0. The Balaban J connectivity index is 1.82. The number of nitrogens with zero attached hydrogens (tertiary/aromatic N) is 2. The summed E-state index contributed by atoms with van der Waals surface area (Å²) < 4.78 is 29.4. The first-order valence-corrected chi connectivity index (χ1v) is 16.8. The van der Waals surface area contributed by atoms with Gasteiger partial charge >= 0.3 is 0 Å². The number of hydrogen-bond acceptors (Lipinski definition) is 4. The number of halogens is 1. The highest BCUT2D eigenvalue weighted by Gasteiger charge is 2.35. The summed E-state index contributed by atoms with van der Waals surface area (Å²) in [6.45, 7) is 7.11. The van der Waals surface area contributed by atoms with Crippen molar-refractivity contribution in [2.75, 3.05) is 10.8 Å². The molecule has 0 bridgehead atoms. The highest BCUT2D eigenvalue weighted by atomic mass is 35.5. The van der Waals surface area contributed by atoms with E-state index in [2.05, 4.69) is 5.32 Å². The van der Waals surface area contributed by atoms with Crippen LogP contribution >= 0.6 is 11.6 Å². The van der Waals surface area contributed by atoms with Crippen molar-refractivity contribution in [3.05, 3.63) is 130 Å². The summed E-state index contributed by atoms with van der Waals surface area (Å²) in [6, 6.07) is 29.1. The lowest BCUT2D eigenvalue weighted by Crippen LogP contribution is -2.54. The van der Waals surface area contributed by atoms with Crippen LogP contribution in [0.15, 0.2) is 108 Å². The molecule has 4 aromatic rings. The van der Waals surface area contributed by atoms with Crippen LogP contribution in [0.2, 0.25) is 5.02 Å². The van der Waals surface area contributed by atoms with Crippen molar-refractivity contribution in [1.82, 2.24) is 10.2 Å². The summed E-state index contributed by atoms with van der Waals surface area (Å²) in [5.74, 6) is -0.857. The van der Waals surface area contributed by atoms with E-state index in [-0.39, 0.29) is 29.8 Å². The SMILES string of the molecule is CC[C@@H](C)NC(=O)[C@H](Cc1ccccc1)N(Cc1ccccc1Cl)C(=O)CN(c1cccc(C)c1)S(=O)(=O)c1ccc(C)cc1. The van der Waals surface area contributed by atoms with Gasteiger partial charge < -0.3 is 10.2 Å². The standard InChI is InChI=1S/C36H40ClN3O4S/c1-5-28(4)38-36(42)34(23-29-13-7-6-8-14-29)39(24-30-15-9-10-17-33(30)37)35(41)25-40(31-16-11-12-27(3)22-31)45(43,44)32-20-18-26(2)19-21-32/h6-22,28,34H,5,23-25H2,1-4H3,(H,38,42)/t28-,34+/m1/s1. The van der Waals surface area contributed by atoms with Crippen molar-refractivity contribution >= 4 is 39.1 Å². The fourth-order valence-corrected chi connectivity index (χ4v) is 6.56. The van der Waals surface area contributed by atoms with E-state index in [0.29, 0.717) is 22.7 Å². The van der Waals surface area contributed by atoms with Crippen LogP contribution < -0.4 is 9.62 Å². The average Bonchev–Trinajstić information content (AvgIpc) is 3.02. The van der Waals surface area contributed by atoms with Gasteiger partial charge in [-0.1, -0.05) is 96.9 Å². The molecule has 0 aliphatic rings. The van der Waals surface area contributed by atoms with Gasteiger partial charge in [0.25, 0.3) is 10.0 Å². The molecule has 4 aromatic carbocycles. The molecule has 0 radical (unpaired) electrons. The largest absolute Gasteiger partial charge is 0.352 e. The van der Waals surface area contributed by atoms with Crippen LogP contribution in [0, 0.1) is 13.8 Å². The molecule has 0 fully saturated rings.